The highest BCUT2D eigenvalue weighted by molar-refractivity contribution is 5.84. The van der Waals surface area contributed by atoms with Crippen molar-refractivity contribution >= 4 is 10.9 Å². The quantitative estimate of drug-likeness (QED) is 0.696. The van der Waals surface area contributed by atoms with Gasteiger partial charge in [0, 0.05) is 17.5 Å². The molecule has 0 aliphatic carbocycles. The molecule has 0 saturated carbocycles. The minimum atomic E-state index is -0.501. The lowest BCUT2D eigenvalue weighted by Crippen LogP contribution is -2.34. The van der Waals surface area contributed by atoms with E-state index in [1.54, 1.807) is 17.8 Å². The number of hydrogen-bond acceptors (Lipinski definition) is 1. The molecule has 90 valence electrons. The molecule has 1 heterocycles. The number of halogens is 2. The van der Waals surface area contributed by atoms with Gasteiger partial charge >= 0.3 is 0 Å². The molecule has 1 aromatic carbocycles. The Labute approximate surface area is 98.9 Å². The van der Waals surface area contributed by atoms with Gasteiger partial charge in [-0.05, 0) is 18.8 Å². The molecule has 0 aliphatic heterocycles. The first-order valence-corrected chi connectivity index (χ1v) is 5.60. The third-order valence-corrected chi connectivity index (χ3v) is 3.21. The zero-order valence-corrected chi connectivity index (χ0v) is 10.4. The van der Waals surface area contributed by atoms with Crippen molar-refractivity contribution in [2.45, 2.75) is 27.2 Å². The van der Waals surface area contributed by atoms with Crippen LogP contribution in [0.4, 0.5) is 8.78 Å². The first-order valence-electron chi connectivity index (χ1n) is 5.60. The average molecular weight is 237 g/mol. The van der Waals surface area contributed by atoms with E-state index in [4.69, 9.17) is 0 Å². The summed E-state index contributed by atoms with van der Waals surface area (Å²) in [5.41, 5.74) is 1.73. The second kappa shape index (κ2) is 4.02. The summed E-state index contributed by atoms with van der Waals surface area (Å²) in [6.07, 6.45) is 2.28. The van der Waals surface area contributed by atoms with Crippen LogP contribution in [0.3, 0.4) is 0 Å². The molecule has 0 amide bonds. The van der Waals surface area contributed by atoms with Gasteiger partial charge in [0.15, 0.2) is 5.52 Å². The van der Waals surface area contributed by atoms with Gasteiger partial charge < -0.3 is 0 Å². The van der Waals surface area contributed by atoms with Gasteiger partial charge in [0.25, 0.3) is 6.33 Å². The predicted molar refractivity (Wildman–Crippen MR) is 61.7 cm³/mol. The Balaban J connectivity index is 3.06. The van der Waals surface area contributed by atoms with Crippen molar-refractivity contribution in [2.75, 3.05) is 0 Å². The van der Waals surface area contributed by atoms with E-state index in [1.807, 2.05) is 14.0 Å². The molecular formula is C13H15F2N2+. The summed E-state index contributed by atoms with van der Waals surface area (Å²) in [7, 11) is 1.82. The first-order chi connectivity index (χ1) is 7.99. The lowest BCUT2D eigenvalue weighted by molar-refractivity contribution is -0.680. The summed E-state index contributed by atoms with van der Waals surface area (Å²) in [6, 6.07) is 0. The Bertz CT molecular complexity index is 606. The number of aryl methyl sites for hydroxylation is 3. The third kappa shape index (κ3) is 1.59. The Hall–Kier alpha value is -1.58. The Morgan fingerprint density at radius 2 is 1.82 bits per heavy atom. The zero-order valence-electron chi connectivity index (χ0n) is 10.4. The van der Waals surface area contributed by atoms with Gasteiger partial charge in [-0.3, -0.25) is 0 Å². The first kappa shape index (κ1) is 11.9. The summed E-state index contributed by atoms with van der Waals surface area (Å²) in [5.74, 6) is -0.998. The van der Waals surface area contributed by atoms with Crippen LogP contribution in [0, 0.1) is 25.5 Å². The molecule has 1 aromatic heterocycles. The zero-order chi connectivity index (χ0) is 12.7. The number of rotatable bonds is 1. The van der Waals surface area contributed by atoms with E-state index in [1.165, 1.54) is 6.92 Å². The molecule has 0 aliphatic rings. The highest BCUT2D eigenvalue weighted by Gasteiger charge is 2.23. The summed E-state index contributed by atoms with van der Waals surface area (Å²) in [4.78, 5) is 4.13. The lowest BCUT2D eigenvalue weighted by Gasteiger charge is -2.08. The monoisotopic (exact) mass is 237 g/mol. The molecule has 2 rings (SSSR count). The maximum absolute atomic E-state index is 14.2. The van der Waals surface area contributed by atoms with Crippen LogP contribution in [0.25, 0.3) is 10.9 Å². The van der Waals surface area contributed by atoms with Crippen molar-refractivity contribution in [1.82, 2.24) is 4.98 Å². The van der Waals surface area contributed by atoms with Crippen LogP contribution in [0.2, 0.25) is 0 Å². The van der Waals surface area contributed by atoms with Gasteiger partial charge in [-0.15, -0.1) is 0 Å². The van der Waals surface area contributed by atoms with Gasteiger partial charge in [-0.25, -0.2) is 13.3 Å². The average Bonchev–Trinajstić information content (AvgIpc) is 2.33. The fourth-order valence-electron chi connectivity index (χ4n) is 2.20. The van der Waals surface area contributed by atoms with E-state index < -0.39 is 11.6 Å². The summed E-state index contributed by atoms with van der Waals surface area (Å²) in [5, 5.41) is 0.439. The molecule has 0 fully saturated rings. The molecule has 0 saturated heterocycles. The molecule has 0 radical (unpaired) electrons. The highest BCUT2D eigenvalue weighted by atomic mass is 19.1. The molecule has 0 spiro atoms. The second-order valence-electron chi connectivity index (χ2n) is 4.26. The van der Waals surface area contributed by atoms with Crippen molar-refractivity contribution < 1.29 is 13.3 Å². The summed E-state index contributed by atoms with van der Waals surface area (Å²) < 4.78 is 29.7. The van der Waals surface area contributed by atoms with Crippen LogP contribution >= 0.6 is 0 Å². The topological polar surface area (TPSA) is 16.8 Å². The molecule has 17 heavy (non-hydrogen) atoms. The number of hydrogen-bond donors (Lipinski definition) is 0. The fraction of sp³-hybridized carbons (Fsp3) is 0.385. The molecule has 4 heteroatoms. The van der Waals surface area contributed by atoms with Crippen LogP contribution in [0.5, 0.6) is 0 Å². The molecule has 2 aromatic rings. The van der Waals surface area contributed by atoms with Crippen LogP contribution < -0.4 is 4.57 Å². The van der Waals surface area contributed by atoms with Crippen LogP contribution in [-0.2, 0) is 13.5 Å². The van der Waals surface area contributed by atoms with Crippen molar-refractivity contribution in [3.63, 3.8) is 0 Å². The SMILES string of the molecule is CCc1c2c(F)c(C)c(F)c(C)c2nc[n+]1C. The van der Waals surface area contributed by atoms with Crippen LogP contribution in [-0.4, -0.2) is 4.98 Å². The van der Waals surface area contributed by atoms with Crippen LogP contribution in [0.15, 0.2) is 6.33 Å². The van der Waals surface area contributed by atoms with E-state index in [-0.39, 0.29) is 5.56 Å². The summed E-state index contributed by atoms with van der Waals surface area (Å²) in [6.45, 7) is 5.04. The van der Waals surface area contributed by atoms with Crippen molar-refractivity contribution in [1.29, 1.82) is 0 Å². The van der Waals surface area contributed by atoms with Crippen molar-refractivity contribution in [3.05, 3.63) is 34.8 Å². The second-order valence-corrected chi connectivity index (χ2v) is 4.26. The molecule has 0 N–H and O–H groups in total. The minimum absolute atomic E-state index is 0.0673. The molecular weight excluding hydrogens is 222 g/mol. The van der Waals surface area contributed by atoms with Gasteiger partial charge in [0.1, 0.15) is 22.7 Å². The van der Waals surface area contributed by atoms with Gasteiger partial charge in [-0.1, -0.05) is 6.92 Å². The largest absolute Gasteiger partial charge is 0.286 e. The number of aromatic nitrogens is 2. The van der Waals surface area contributed by atoms with Crippen LogP contribution in [0.1, 0.15) is 23.7 Å². The number of fused-ring (bicyclic) bond motifs is 1. The standard InChI is InChI=1S/C13H15F2N2/c1-5-9-10-12(15)7(2)11(14)8(3)13(10)16-6-17(9)4/h6H,5H2,1-4H3/q+1. The molecule has 0 atom stereocenters. The van der Waals surface area contributed by atoms with Gasteiger partial charge in [0.05, 0.1) is 7.05 Å². The van der Waals surface area contributed by atoms with E-state index in [9.17, 15) is 8.78 Å². The maximum Gasteiger partial charge on any atom is 0.286 e. The normalized spacial score (nSPS) is 11.2. The van der Waals surface area contributed by atoms with Gasteiger partial charge in [-0.2, -0.15) is 0 Å². The third-order valence-electron chi connectivity index (χ3n) is 3.21. The van der Waals surface area contributed by atoms with E-state index in [0.29, 0.717) is 22.9 Å². The fourth-order valence-corrected chi connectivity index (χ4v) is 2.20. The smallest absolute Gasteiger partial charge is 0.236 e. The maximum atomic E-state index is 14.2. The Kier molecular flexibility index (Phi) is 2.81. The minimum Gasteiger partial charge on any atom is -0.236 e. The lowest BCUT2D eigenvalue weighted by atomic mass is 10.0. The predicted octanol–water partition coefficient (Wildman–Crippen LogP) is 2.52. The highest BCUT2D eigenvalue weighted by Crippen LogP contribution is 2.27. The number of nitrogens with zero attached hydrogens (tertiary/aromatic N) is 2. The van der Waals surface area contributed by atoms with E-state index in [0.717, 1.165) is 5.69 Å². The Morgan fingerprint density at radius 3 is 2.41 bits per heavy atom. The number of benzene rings is 1. The molecule has 0 bridgehead atoms. The Morgan fingerprint density at radius 1 is 1.18 bits per heavy atom. The summed E-state index contributed by atoms with van der Waals surface area (Å²) >= 11 is 0. The van der Waals surface area contributed by atoms with E-state index >= 15 is 0 Å². The van der Waals surface area contributed by atoms with Crippen molar-refractivity contribution in [3.8, 4) is 0 Å². The van der Waals surface area contributed by atoms with E-state index in [2.05, 4.69) is 4.98 Å². The molecule has 2 nitrogen and oxygen atoms in total. The molecule has 0 unspecified atom stereocenters. The van der Waals surface area contributed by atoms with Crippen molar-refractivity contribution in [2.24, 2.45) is 7.05 Å². The van der Waals surface area contributed by atoms with Gasteiger partial charge in [0.2, 0.25) is 0 Å².